The predicted molar refractivity (Wildman–Crippen MR) is 78.5 cm³/mol. The van der Waals surface area contributed by atoms with E-state index < -0.39 is 0 Å². The topological polar surface area (TPSA) is 17.3 Å². The minimum Gasteiger partial charge on any atom is -0.303 e. The first-order valence-electron chi connectivity index (χ1n) is 6.75. The highest BCUT2D eigenvalue weighted by Gasteiger charge is 2.14. The molecule has 0 amide bonds. The third-order valence-corrected chi connectivity index (χ3v) is 3.42. The number of fused-ring (bicyclic) bond motifs is 1. The van der Waals surface area contributed by atoms with Crippen molar-refractivity contribution >= 4 is 5.65 Å². The summed E-state index contributed by atoms with van der Waals surface area (Å²) in [5.41, 5.74) is 4.87. The Bertz CT molecular complexity index is 681. The predicted octanol–water partition coefficient (Wildman–Crippen LogP) is 4.05. The molecule has 1 aromatic carbocycles. The van der Waals surface area contributed by atoms with Crippen LogP contribution in [0.1, 0.15) is 36.7 Å². The highest BCUT2D eigenvalue weighted by Crippen LogP contribution is 2.23. The smallest absolute Gasteiger partial charge is 0.137 e. The molecule has 0 bridgehead atoms. The van der Waals surface area contributed by atoms with E-state index in [1.165, 1.54) is 17.0 Å². The summed E-state index contributed by atoms with van der Waals surface area (Å²) < 4.78 is 2.21. The Labute approximate surface area is 113 Å². The van der Waals surface area contributed by atoms with Gasteiger partial charge in [-0.05, 0) is 23.6 Å². The Morgan fingerprint density at radius 3 is 2.47 bits per heavy atom. The minimum absolute atomic E-state index is 0.443. The van der Waals surface area contributed by atoms with Gasteiger partial charge in [0.1, 0.15) is 5.65 Å². The van der Waals surface area contributed by atoms with Gasteiger partial charge in [-0.15, -0.1) is 0 Å². The van der Waals surface area contributed by atoms with Crippen LogP contribution in [0.4, 0.5) is 0 Å². The van der Waals surface area contributed by atoms with Gasteiger partial charge in [0.15, 0.2) is 0 Å². The van der Waals surface area contributed by atoms with Crippen molar-refractivity contribution in [1.29, 1.82) is 0 Å². The average molecular weight is 250 g/mol. The lowest BCUT2D eigenvalue weighted by Crippen LogP contribution is -1.99. The highest BCUT2D eigenvalue weighted by atomic mass is 15.0. The van der Waals surface area contributed by atoms with E-state index in [0.29, 0.717) is 5.92 Å². The Hall–Kier alpha value is -2.09. The second-order valence-electron chi connectivity index (χ2n) is 5.19. The fraction of sp³-hybridized carbons (Fsp3) is 0.235. The molecular formula is C17H18N2. The van der Waals surface area contributed by atoms with Gasteiger partial charge in [-0.25, -0.2) is 4.98 Å². The van der Waals surface area contributed by atoms with Gasteiger partial charge in [0.05, 0.1) is 11.4 Å². The molecule has 2 nitrogen and oxygen atoms in total. The van der Waals surface area contributed by atoms with E-state index in [1.807, 2.05) is 6.07 Å². The first-order valence-corrected chi connectivity index (χ1v) is 6.75. The average Bonchev–Trinajstić information content (AvgIpc) is 2.79. The molecule has 2 aromatic heterocycles. The van der Waals surface area contributed by atoms with Gasteiger partial charge < -0.3 is 4.40 Å². The zero-order valence-electron chi connectivity index (χ0n) is 11.4. The van der Waals surface area contributed by atoms with Gasteiger partial charge in [0.2, 0.25) is 0 Å². The molecule has 96 valence electrons. The number of benzene rings is 1. The molecule has 0 N–H and O–H groups in total. The maximum atomic E-state index is 4.77. The minimum atomic E-state index is 0.443. The van der Waals surface area contributed by atoms with Crippen molar-refractivity contribution in [1.82, 2.24) is 9.38 Å². The van der Waals surface area contributed by atoms with E-state index in [1.54, 1.807) is 0 Å². The molecule has 3 rings (SSSR count). The zero-order valence-corrected chi connectivity index (χ0v) is 11.4. The lowest BCUT2D eigenvalue weighted by molar-refractivity contribution is 0.810. The molecule has 0 spiro atoms. The van der Waals surface area contributed by atoms with Crippen molar-refractivity contribution < 1.29 is 0 Å². The molecule has 0 aliphatic carbocycles. The lowest BCUT2D eigenvalue weighted by atomic mass is 10.0. The molecule has 0 fully saturated rings. The third-order valence-electron chi connectivity index (χ3n) is 3.42. The summed E-state index contributed by atoms with van der Waals surface area (Å²) in [6.45, 7) is 4.41. The summed E-state index contributed by atoms with van der Waals surface area (Å²) in [5, 5.41) is 0. The van der Waals surface area contributed by atoms with Crippen LogP contribution in [-0.4, -0.2) is 9.38 Å². The normalized spacial score (nSPS) is 11.3. The van der Waals surface area contributed by atoms with Gasteiger partial charge in [-0.1, -0.05) is 50.2 Å². The van der Waals surface area contributed by atoms with E-state index >= 15 is 0 Å². The van der Waals surface area contributed by atoms with Crippen molar-refractivity contribution in [3.05, 3.63) is 71.7 Å². The van der Waals surface area contributed by atoms with E-state index in [2.05, 4.69) is 66.9 Å². The fourth-order valence-electron chi connectivity index (χ4n) is 2.49. The van der Waals surface area contributed by atoms with E-state index in [-0.39, 0.29) is 0 Å². The summed E-state index contributed by atoms with van der Waals surface area (Å²) in [7, 11) is 0. The molecule has 19 heavy (non-hydrogen) atoms. The maximum Gasteiger partial charge on any atom is 0.137 e. The molecule has 3 aromatic rings. The van der Waals surface area contributed by atoms with Crippen molar-refractivity contribution in [3.8, 4) is 0 Å². The summed E-state index contributed by atoms with van der Waals surface area (Å²) in [4.78, 5) is 4.77. The Morgan fingerprint density at radius 2 is 1.74 bits per heavy atom. The molecule has 2 heterocycles. The van der Waals surface area contributed by atoms with Gasteiger partial charge >= 0.3 is 0 Å². The molecule has 0 saturated carbocycles. The van der Waals surface area contributed by atoms with Crippen LogP contribution in [0.3, 0.4) is 0 Å². The number of rotatable bonds is 3. The van der Waals surface area contributed by atoms with E-state index in [4.69, 9.17) is 4.98 Å². The number of nitrogens with zero attached hydrogens (tertiary/aromatic N) is 2. The third kappa shape index (κ3) is 2.26. The van der Waals surface area contributed by atoms with Crippen LogP contribution in [0.5, 0.6) is 0 Å². The van der Waals surface area contributed by atoms with Crippen molar-refractivity contribution in [2.75, 3.05) is 0 Å². The van der Waals surface area contributed by atoms with Crippen molar-refractivity contribution in [2.45, 2.75) is 26.2 Å². The fourth-order valence-corrected chi connectivity index (χ4v) is 2.49. The molecule has 0 radical (unpaired) electrons. The van der Waals surface area contributed by atoms with Crippen LogP contribution in [0.25, 0.3) is 5.65 Å². The van der Waals surface area contributed by atoms with Gasteiger partial charge in [0.25, 0.3) is 0 Å². The van der Waals surface area contributed by atoms with E-state index in [9.17, 15) is 0 Å². The molecular weight excluding hydrogens is 232 g/mol. The van der Waals surface area contributed by atoms with Crippen LogP contribution in [0.2, 0.25) is 0 Å². The highest BCUT2D eigenvalue weighted by molar-refractivity contribution is 5.45. The van der Waals surface area contributed by atoms with Crippen LogP contribution in [0, 0.1) is 0 Å². The molecule has 0 aliphatic heterocycles. The van der Waals surface area contributed by atoms with E-state index in [0.717, 1.165) is 12.1 Å². The monoisotopic (exact) mass is 250 g/mol. The van der Waals surface area contributed by atoms with Crippen molar-refractivity contribution in [2.24, 2.45) is 0 Å². The Morgan fingerprint density at radius 1 is 1.00 bits per heavy atom. The summed E-state index contributed by atoms with van der Waals surface area (Å²) >= 11 is 0. The number of hydrogen-bond donors (Lipinski definition) is 0. The van der Waals surface area contributed by atoms with Gasteiger partial charge in [0, 0.05) is 12.6 Å². The largest absolute Gasteiger partial charge is 0.303 e. The van der Waals surface area contributed by atoms with Gasteiger partial charge in [-0.3, -0.25) is 0 Å². The lowest BCUT2D eigenvalue weighted by Gasteiger charge is -2.07. The maximum absolute atomic E-state index is 4.77. The van der Waals surface area contributed by atoms with Crippen LogP contribution >= 0.6 is 0 Å². The van der Waals surface area contributed by atoms with Gasteiger partial charge in [-0.2, -0.15) is 0 Å². The van der Waals surface area contributed by atoms with Crippen LogP contribution in [-0.2, 0) is 6.42 Å². The first kappa shape index (κ1) is 12.0. The van der Waals surface area contributed by atoms with Crippen molar-refractivity contribution in [3.63, 3.8) is 0 Å². The number of imidazole rings is 1. The van der Waals surface area contributed by atoms with Crippen LogP contribution < -0.4 is 0 Å². The second kappa shape index (κ2) is 4.88. The van der Waals surface area contributed by atoms with Crippen LogP contribution in [0.15, 0.2) is 54.7 Å². The molecule has 0 atom stereocenters. The second-order valence-corrected chi connectivity index (χ2v) is 5.19. The molecule has 0 saturated heterocycles. The molecule has 0 unspecified atom stereocenters. The Kier molecular flexibility index (Phi) is 3.08. The summed E-state index contributed by atoms with van der Waals surface area (Å²) in [5.74, 6) is 0.443. The number of aromatic nitrogens is 2. The Balaban J connectivity index is 2.12. The first-order chi connectivity index (χ1) is 9.25. The summed E-state index contributed by atoms with van der Waals surface area (Å²) in [6.07, 6.45) is 3.03. The molecule has 0 aliphatic rings. The SMILES string of the molecule is CC(C)c1nc2ccccn2c1Cc1ccccc1. The zero-order chi connectivity index (χ0) is 13.2. The molecule has 2 heteroatoms. The summed E-state index contributed by atoms with van der Waals surface area (Å²) in [6, 6.07) is 16.8. The standard InChI is InChI=1S/C17H18N2/c1-13(2)17-15(12-14-8-4-3-5-9-14)19-11-7-6-10-16(19)18-17/h3-11,13H,12H2,1-2H3. The number of hydrogen-bond acceptors (Lipinski definition) is 1. The number of pyridine rings is 1. The quantitative estimate of drug-likeness (QED) is 0.685.